The molecule has 0 radical (unpaired) electrons. The van der Waals surface area contributed by atoms with Gasteiger partial charge in [0.15, 0.2) is 0 Å². The number of halogens is 3. The van der Waals surface area contributed by atoms with Crippen molar-refractivity contribution in [2.75, 3.05) is 19.7 Å². The fourth-order valence-corrected chi connectivity index (χ4v) is 6.95. The molecule has 3 rings (SSSR count). The van der Waals surface area contributed by atoms with E-state index >= 15 is 0 Å². The zero-order valence-corrected chi connectivity index (χ0v) is 23.8. The molecule has 0 saturated carbocycles. The first-order chi connectivity index (χ1) is 17.5. The van der Waals surface area contributed by atoms with Crippen molar-refractivity contribution in [3.05, 3.63) is 54.1 Å². The molecule has 2 aromatic rings. The lowest BCUT2D eigenvalue weighted by molar-refractivity contribution is -0.274. The molecule has 10 heteroatoms. The van der Waals surface area contributed by atoms with Crippen LogP contribution in [0.4, 0.5) is 13.2 Å². The van der Waals surface area contributed by atoms with Crippen molar-refractivity contribution in [1.82, 2.24) is 9.99 Å². The highest BCUT2D eigenvalue weighted by molar-refractivity contribution is 7.58. The molecule has 2 aromatic carbocycles. The molecule has 1 heterocycles. The van der Waals surface area contributed by atoms with E-state index in [2.05, 4.69) is 10.1 Å². The Labute approximate surface area is 223 Å². The second kappa shape index (κ2) is 11.4. The van der Waals surface area contributed by atoms with E-state index < -0.39 is 19.0 Å². The maximum absolute atomic E-state index is 14.0. The lowest BCUT2D eigenvalue weighted by atomic mass is 9.99. The molecule has 0 bridgehead atoms. The predicted octanol–water partition coefficient (Wildman–Crippen LogP) is 7.50. The van der Waals surface area contributed by atoms with Gasteiger partial charge in [0.25, 0.3) is 13.4 Å². The molecule has 1 fully saturated rings. The number of piperidine rings is 1. The van der Waals surface area contributed by atoms with E-state index in [4.69, 9.17) is 4.52 Å². The van der Waals surface area contributed by atoms with Crippen LogP contribution in [0.5, 0.6) is 5.75 Å². The molecular weight excluding hydrogens is 516 g/mol. The number of nitrogens with zero attached hydrogens (tertiary/aromatic N) is 1. The molecular formula is C28H38F3N2O4P. The minimum atomic E-state index is -4.78. The van der Waals surface area contributed by atoms with Gasteiger partial charge in [0, 0.05) is 24.7 Å². The number of ether oxygens (including phenoxy) is 1. The third-order valence-corrected chi connectivity index (χ3v) is 9.54. The Hall–Kier alpha value is -2.35. The molecule has 1 amide bonds. The Bertz CT molecular complexity index is 1160. The van der Waals surface area contributed by atoms with Gasteiger partial charge in [-0.25, -0.2) is 4.67 Å². The van der Waals surface area contributed by atoms with Crippen LogP contribution >= 0.6 is 7.52 Å². The Morgan fingerprint density at radius 1 is 0.974 bits per heavy atom. The minimum Gasteiger partial charge on any atom is -0.406 e. The average molecular weight is 555 g/mol. The van der Waals surface area contributed by atoms with Crippen LogP contribution in [0, 0.1) is 5.41 Å². The van der Waals surface area contributed by atoms with Gasteiger partial charge in [-0.1, -0.05) is 45.0 Å². The van der Waals surface area contributed by atoms with E-state index in [-0.39, 0.29) is 23.1 Å². The van der Waals surface area contributed by atoms with E-state index in [1.165, 1.54) is 18.2 Å². The smallest absolute Gasteiger partial charge is 0.406 e. The summed E-state index contributed by atoms with van der Waals surface area (Å²) < 4.78 is 63.9. The van der Waals surface area contributed by atoms with Crippen molar-refractivity contribution in [3.8, 4) is 16.9 Å². The highest BCUT2D eigenvalue weighted by Crippen LogP contribution is 2.62. The number of hydrogen-bond acceptors (Lipinski definition) is 4. The Morgan fingerprint density at radius 2 is 1.55 bits per heavy atom. The van der Waals surface area contributed by atoms with Gasteiger partial charge >= 0.3 is 6.36 Å². The van der Waals surface area contributed by atoms with Crippen LogP contribution in [0.25, 0.3) is 11.1 Å². The molecule has 0 aliphatic carbocycles. The van der Waals surface area contributed by atoms with E-state index in [1.54, 1.807) is 30.3 Å². The third kappa shape index (κ3) is 8.08. The van der Waals surface area contributed by atoms with Crippen LogP contribution in [-0.2, 0) is 9.09 Å². The number of benzene rings is 2. The summed E-state index contributed by atoms with van der Waals surface area (Å²) in [6, 6.07) is 12.3. The number of amides is 1. The van der Waals surface area contributed by atoms with Crippen molar-refractivity contribution in [2.45, 2.75) is 71.9 Å². The summed E-state index contributed by atoms with van der Waals surface area (Å²) in [7, 11) is -3.11. The van der Waals surface area contributed by atoms with Gasteiger partial charge in [0.1, 0.15) is 5.75 Å². The number of carbonyl (C=O) groups excluding carboxylic acids is 1. The molecule has 210 valence electrons. The molecule has 1 aliphatic rings. The van der Waals surface area contributed by atoms with E-state index in [0.717, 1.165) is 0 Å². The summed E-state index contributed by atoms with van der Waals surface area (Å²) in [6.07, 6.45) is -3.53. The fourth-order valence-electron chi connectivity index (χ4n) is 4.24. The second-order valence-corrected chi connectivity index (χ2v) is 15.1. The molecule has 1 unspecified atom stereocenters. The molecule has 1 aliphatic heterocycles. The van der Waals surface area contributed by atoms with Gasteiger partial charge in [-0.2, -0.15) is 0 Å². The van der Waals surface area contributed by atoms with Crippen molar-refractivity contribution >= 4 is 13.4 Å². The summed E-state index contributed by atoms with van der Waals surface area (Å²) in [5, 5.41) is 2.51. The van der Waals surface area contributed by atoms with E-state index in [9.17, 15) is 22.5 Å². The molecule has 6 nitrogen and oxygen atoms in total. The van der Waals surface area contributed by atoms with Crippen LogP contribution in [-0.4, -0.2) is 47.8 Å². The molecule has 38 heavy (non-hydrogen) atoms. The van der Waals surface area contributed by atoms with Gasteiger partial charge in [-0.15, -0.1) is 13.2 Å². The summed E-state index contributed by atoms with van der Waals surface area (Å²) in [6.45, 7) is 13.4. The van der Waals surface area contributed by atoms with Crippen LogP contribution < -0.4 is 10.1 Å². The number of carbonyl (C=O) groups is 1. The van der Waals surface area contributed by atoms with Crippen LogP contribution in [0.1, 0.15) is 64.7 Å². The van der Waals surface area contributed by atoms with Crippen molar-refractivity contribution < 1.29 is 31.8 Å². The topological polar surface area (TPSA) is 67.9 Å². The molecule has 0 aromatic heterocycles. The summed E-state index contributed by atoms with van der Waals surface area (Å²) in [4.78, 5) is 13.0. The third-order valence-electron chi connectivity index (χ3n) is 6.22. The van der Waals surface area contributed by atoms with Crippen LogP contribution in [0.3, 0.4) is 0 Å². The van der Waals surface area contributed by atoms with Crippen LogP contribution in [0.2, 0.25) is 0 Å². The first kappa shape index (κ1) is 30.2. The maximum Gasteiger partial charge on any atom is 0.573 e. The highest BCUT2D eigenvalue weighted by Gasteiger charge is 2.45. The first-order valence-corrected chi connectivity index (χ1v) is 14.3. The van der Waals surface area contributed by atoms with Gasteiger partial charge in [-0.3, -0.25) is 9.36 Å². The molecule has 1 saturated heterocycles. The number of nitrogens with one attached hydrogen (secondary N) is 1. The Kier molecular flexibility index (Phi) is 9.06. The fraction of sp³-hybridized carbons (Fsp3) is 0.536. The summed E-state index contributed by atoms with van der Waals surface area (Å²) in [5.74, 6) is -0.591. The van der Waals surface area contributed by atoms with E-state index in [0.29, 0.717) is 49.2 Å². The van der Waals surface area contributed by atoms with Crippen molar-refractivity contribution in [3.63, 3.8) is 0 Å². The van der Waals surface area contributed by atoms with Crippen molar-refractivity contribution in [1.29, 1.82) is 0 Å². The normalized spacial score (nSPS) is 17.6. The Morgan fingerprint density at radius 3 is 2.11 bits per heavy atom. The lowest BCUT2D eigenvalue weighted by Gasteiger charge is -2.43. The van der Waals surface area contributed by atoms with Gasteiger partial charge < -0.3 is 14.6 Å². The van der Waals surface area contributed by atoms with Gasteiger partial charge in [0.2, 0.25) is 0 Å². The minimum absolute atomic E-state index is 0.0954. The first-order valence-electron chi connectivity index (χ1n) is 12.7. The van der Waals surface area contributed by atoms with Gasteiger partial charge in [-0.05, 0) is 74.4 Å². The summed E-state index contributed by atoms with van der Waals surface area (Å²) >= 11 is 0. The number of rotatable bonds is 7. The number of alkyl halides is 3. The maximum atomic E-state index is 14.0. The molecule has 1 N–H and O–H groups in total. The highest BCUT2D eigenvalue weighted by atomic mass is 31.2. The molecule has 1 atom stereocenters. The predicted molar refractivity (Wildman–Crippen MR) is 143 cm³/mol. The van der Waals surface area contributed by atoms with Gasteiger partial charge in [0.05, 0.1) is 11.8 Å². The monoisotopic (exact) mass is 554 g/mol. The van der Waals surface area contributed by atoms with E-state index in [1.807, 2.05) is 46.2 Å². The standard InChI is InChI=1S/C28H38F3N2O4P/c1-26(2,3)19-36-38(35,27(4,5)6)33-15-13-23(14-16-33)32-25(34)22-11-7-9-20(17-22)21-10-8-12-24(18-21)37-28(29,30)31/h7-12,17-18,23H,13-16,19H2,1-6H3,(H,32,34). The molecule has 0 spiro atoms. The summed E-state index contributed by atoms with van der Waals surface area (Å²) in [5.41, 5.74) is 1.39. The Balaban J connectivity index is 1.65. The van der Waals surface area contributed by atoms with Crippen molar-refractivity contribution in [2.24, 2.45) is 5.41 Å². The zero-order valence-electron chi connectivity index (χ0n) is 22.9. The lowest BCUT2D eigenvalue weighted by Crippen LogP contribution is -2.45. The van der Waals surface area contributed by atoms with Crippen LogP contribution in [0.15, 0.2) is 48.5 Å². The largest absolute Gasteiger partial charge is 0.573 e. The number of hydrogen-bond donors (Lipinski definition) is 1. The zero-order chi connectivity index (χ0) is 28.4. The second-order valence-electron chi connectivity index (χ2n) is 11.9. The quantitative estimate of drug-likeness (QED) is 0.359. The average Bonchev–Trinajstić information content (AvgIpc) is 2.81. The SMILES string of the molecule is CC(C)(C)COP(=O)(N1CCC(NC(=O)c2cccc(-c3cccc(OC(F)(F)F)c3)c2)CC1)C(C)(C)C.